The standard InChI is InChI=1S/C22H19N5O2/c1-13-4-2-3-5-16(13)18-17-12-24-22(25-14-6-8-15(28)9-7-14)26-20(17)27-11-10-23-21(29)19(18)27/h2-9,12,28H,10-11H2,1H3,(H,23,29)(H,24,25,26). The van der Waals surface area contributed by atoms with Crippen LogP contribution >= 0.6 is 0 Å². The number of carbonyl (C=O) groups is 1. The summed E-state index contributed by atoms with van der Waals surface area (Å²) in [6.45, 7) is 3.25. The van der Waals surface area contributed by atoms with Gasteiger partial charge in [-0.2, -0.15) is 4.98 Å². The number of carbonyl (C=O) groups excluding carboxylic acids is 1. The molecule has 0 fully saturated rings. The Morgan fingerprint density at radius 3 is 2.72 bits per heavy atom. The van der Waals surface area contributed by atoms with Gasteiger partial charge >= 0.3 is 0 Å². The molecule has 3 heterocycles. The molecule has 0 radical (unpaired) electrons. The molecule has 3 N–H and O–H groups in total. The van der Waals surface area contributed by atoms with Gasteiger partial charge in [0.15, 0.2) is 0 Å². The molecule has 29 heavy (non-hydrogen) atoms. The average molecular weight is 385 g/mol. The molecule has 1 aliphatic heterocycles. The molecule has 0 spiro atoms. The number of benzene rings is 2. The van der Waals surface area contributed by atoms with Gasteiger partial charge in [-0.05, 0) is 42.3 Å². The Bertz CT molecular complexity index is 1240. The van der Waals surface area contributed by atoms with Gasteiger partial charge in [0.05, 0.1) is 0 Å². The fraction of sp³-hybridized carbons (Fsp3) is 0.136. The third-order valence-electron chi connectivity index (χ3n) is 5.17. The van der Waals surface area contributed by atoms with Gasteiger partial charge in [0.1, 0.15) is 17.1 Å². The molecule has 1 aliphatic rings. The number of hydrogen-bond donors (Lipinski definition) is 3. The maximum absolute atomic E-state index is 12.7. The lowest BCUT2D eigenvalue weighted by molar-refractivity contribution is 0.0929. The number of phenols is 1. The van der Waals surface area contributed by atoms with E-state index in [1.807, 2.05) is 35.8 Å². The van der Waals surface area contributed by atoms with E-state index in [-0.39, 0.29) is 11.7 Å². The number of aryl methyl sites for hydroxylation is 1. The van der Waals surface area contributed by atoms with Crippen LogP contribution in [0, 0.1) is 6.92 Å². The van der Waals surface area contributed by atoms with E-state index in [1.54, 1.807) is 30.5 Å². The van der Waals surface area contributed by atoms with E-state index in [0.717, 1.165) is 33.4 Å². The third-order valence-corrected chi connectivity index (χ3v) is 5.17. The Morgan fingerprint density at radius 2 is 1.93 bits per heavy atom. The van der Waals surface area contributed by atoms with Gasteiger partial charge in [0.2, 0.25) is 5.95 Å². The molecule has 0 atom stereocenters. The quantitative estimate of drug-likeness (QED) is 0.469. The first-order valence-corrected chi connectivity index (χ1v) is 9.41. The van der Waals surface area contributed by atoms with Gasteiger partial charge in [0.25, 0.3) is 5.91 Å². The second kappa shape index (κ2) is 6.63. The summed E-state index contributed by atoms with van der Waals surface area (Å²) in [5.41, 5.74) is 5.08. The predicted molar refractivity (Wildman–Crippen MR) is 111 cm³/mol. The van der Waals surface area contributed by atoms with Crippen LogP contribution in [0.3, 0.4) is 0 Å². The number of rotatable bonds is 3. The topological polar surface area (TPSA) is 92.1 Å². The Labute approximate surface area is 167 Å². The minimum atomic E-state index is -0.0967. The maximum atomic E-state index is 12.7. The molecule has 144 valence electrons. The summed E-state index contributed by atoms with van der Waals surface area (Å²) in [5, 5.41) is 16.4. The van der Waals surface area contributed by atoms with E-state index in [4.69, 9.17) is 4.98 Å². The highest BCUT2D eigenvalue weighted by molar-refractivity contribution is 6.10. The first-order valence-electron chi connectivity index (χ1n) is 9.41. The van der Waals surface area contributed by atoms with Crippen molar-refractivity contribution in [3.05, 3.63) is 66.0 Å². The van der Waals surface area contributed by atoms with E-state index in [1.165, 1.54) is 0 Å². The second-order valence-electron chi connectivity index (χ2n) is 7.05. The first kappa shape index (κ1) is 17.2. The third kappa shape index (κ3) is 2.87. The van der Waals surface area contributed by atoms with Crippen molar-refractivity contribution >= 4 is 28.6 Å². The molecule has 5 rings (SSSR count). The van der Waals surface area contributed by atoms with E-state index in [0.29, 0.717) is 24.7 Å². The van der Waals surface area contributed by atoms with E-state index >= 15 is 0 Å². The number of fused-ring (bicyclic) bond motifs is 3. The summed E-state index contributed by atoms with van der Waals surface area (Å²) < 4.78 is 1.97. The molecule has 1 amide bonds. The Balaban J connectivity index is 1.69. The predicted octanol–water partition coefficient (Wildman–Crippen LogP) is 3.60. The fourth-order valence-corrected chi connectivity index (χ4v) is 3.80. The van der Waals surface area contributed by atoms with Gasteiger partial charge in [-0.1, -0.05) is 24.3 Å². The number of amides is 1. The summed E-state index contributed by atoms with van der Waals surface area (Å²) in [4.78, 5) is 21.9. The molecule has 0 aliphatic carbocycles. The van der Waals surface area contributed by atoms with Crippen molar-refractivity contribution in [2.45, 2.75) is 13.5 Å². The fourth-order valence-electron chi connectivity index (χ4n) is 3.80. The lowest BCUT2D eigenvalue weighted by atomic mass is 9.98. The molecule has 7 nitrogen and oxygen atoms in total. The van der Waals surface area contributed by atoms with Gasteiger partial charge in [-0.15, -0.1) is 0 Å². The van der Waals surface area contributed by atoms with Crippen molar-refractivity contribution in [1.82, 2.24) is 19.9 Å². The molecule has 2 aromatic carbocycles. The highest BCUT2D eigenvalue weighted by Crippen LogP contribution is 2.37. The normalized spacial score (nSPS) is 13.2. The summed E-state index contributed by atoms with van der Waals surface area (Å²) in [6, 6.07) is 14.7. The lowest BCUT2D eigenvalue weighted by Crippen LogP contribution is -2.35. The molecule has 7 heteroatoms. The zero-order chi connectivity index (χ0) is 20.0. The van der Waals surface area contributed by atoms with Crippen molar-refractivity contribution in [1.29, 1.82) is 0 Å². The Kier molecular flexibility index (Phi) is 3.94. The molecule has 0 saturated heterocycles. The van der Waals surface area contributed by atoms with Gasteiger partial charge in [-0.3, -0.25) is 4.79 Å². The minimum absolute atomic E-state index is 0.0967. The molecule has 4 aromatic rings. The van der Waals surface area contributed by atoms with Gasteiger partial charge in [0, 0.05) is 35.9 Å². The van der Waals surface area contributed by atoms with Crippen LogP contribution in [-0.4, -0.2) is 32.1 Å². The van der Waals surface area contributed by atoms with Crippen molar-refractivity contribution in [2.75, 3.05) is 11.9 Å². The molecule has 0 saturated carbocycles. The molecule has 0 unspecified atom stereocenters. The van der Waals surface area contributed by atoms with Crippen molar-refractivity contribution < 1.29 is 9.90 Å². The van der Waals surface area contributed by atoms with Crippen LogP contribution in [0.4, 0.5) is 11.6 Å². The summed E-state index contributed by atoms with van der Waals surface area (Å²) >= 11 is 0. The molecule has 2 aromatic heterocycles. The molecular weight excluding hydrogens is 366 g/mol. The number of anilines is 2. The number of aromatic hydroxyl groups is 1. The number of phenolic OH excluding ortho intramolecular Hbond substituents is 1. The minimum Gasteiger partial charge on any atom is -0.508 e. The summed E-state index contributed by atoms with van der Waals surface area (Å²) in [5.74, 6) is 0.535. The number of aromatic nitrogens is 3. The Morgan fingerprint density at radius 1 is 1.14 bits per heavy atom. The number of nitrogens with one attached hydrogen (secondary N) is 2. The Hall–Kier alpha value is -3.87. The zero-order valence-electron chi connectivity index (χ0n) is 15.8. The maximum Gasteiger partial charge on any atom is 0.268 e. The van der Waals surface area contributed by atoms with Crippen molar-refractivity contribution in [3.63, 3.8) is 0 Å². The highest BCUT2D eigenvalue weighted by atomic mass is 16.3. The second-order valence-corrected chi connectivity index (χ2v) is 7.05. The van der Waals surface area contributed by atoms with Crippen LogP contribution in [0.25, 0.3) is 22.2 Å². The van der Waals surface area contributed by atoms with Crippen molar-refractivity contribution in [2.24, 2.45) is 0 Å². The number of nitrogens with zero attached hydrogens (tertiary/aromatic N) is 3. The van der Waals surface area contributed by atoms with E-state index < -0.39 is 0 Å². The average Bonchev–Trinajstić information content (AvgIpc) is 3.05. The molecule has 0 bridgehead atoms. The number of hydrogen-bond acceptors (Lipinski definition) is 5. The SMILES string of the molecule is Cc1ccccc1-c1c2n(c3nc(Nc4ccc(O)cc4)ncc13)CCNC2=O. The van der Waals surface area contributed by atoms with Gasteiger partial charge in [-0.25, -0.2) is 4.98 Å². The molecular formula is C22H19N5O2. The summed E-state index contributed by atoms with van der Waals surface area (Å²) in [7, 11) is 0. The smallest absolute Gasteiger partial charge is 0.268 e. The van der Waals surface area contributed by atoms with Crippen LogP contribution < -0.4 is 10.6 Å². The van der Waals surface area contributed by atoms with Crippen molar-refractivity contribution in [3.8, 4) is 16.9 Å². The summed E-state index contributed by atoms with van der Waals surface area (Å²) in [6.07, 6.45) is 1.77. The zero-order valence-corrected chi connectivity index (χ0v) is 15.8. The largest absolute Gasteiger partial charge is 0.508 e. The highest BCUT2D eigenvalue weighted by Gasteiger charge is 2.28. The van der Waals surface area contributed by atoms with Crippen LogP contribution in [0.1, 0.15) is 16.1 Å². The van der Waals surface area contributed by atoms with E-state index in [9.17, 15) is 9.90 Å². The van der Waals surface area contributed by atoms with Crippen LogP contribution in [0.5, 0.6) is 5.75 Å². The van der Waals surface area contributed by atoms with Crippen LogP contribution in [-0.2, 0) is 6.54 Å². The monoisotopic (exact) mass is 385 g/mol. The van der Waals surface area contributed by atoms with Crippen LogP contribution in [0.2, 0.25) is 0 Å². The van der Waals surface area contributed by atoms with E-state index in [2.05, 4.69) is 15.6 Å². The lowest BCUT2D eigenvalue weighted by Gasteiger charge is -2.18. The van der Waals surface area contributed by atoms with Gasteiger partial charge < -0.3 is 20.3 Å². The van der Waals surface area contributed by atoms with Crippen LogP contribution in [0.15, 0.2) is 54.7 Å². The first-order chi connectivity index (χ1) is 14.1.